The minimum absolute atomic E-state index is 0.0168. The second-order valence-corrected chi connectivity index (χ2v) is 9.57. The topological polar surface area (TPSA) is 54.0 Å². The molecular formula is C25H23Cl2F4N3O. The molecule has 1 heterocycles. The van der Waals surface area contributed by atoms with Crippen LogP contribution in [0.4, 0.5) is 23.2 Å². The average Bonchev–Trinajstić information content (AvgIpc) is 2.80. The van der Waals surface area contributed by atoms with Gasteiger partial charge in [0.1, 0.15) is 11.5 Å². The third-order valence-corrected chi connectivity index (χ3v) is 6.68. The fraction of sp³-hybridized carbons (Fsp3) is 0.360. The van der Waals surface area contributed by atoms with E-state index in [9.17, 15) is 22.4 Å². The normalized spacial score (nSPS) is 18.5. The van der Waals surface area contributed by atoms with Crippen molar-refractivity contribution >= 4 is 45.7 Å². The van der Waals surface area contributed by atoms with Gasteiger partial charge in [-0.1, -0.05) is 29.3 Å². The molecule has 2 N–H and O–H groups in total. The number of aromatic nitrogens is 1. The smallest absolute Gasteiger partial charge is 0.382 e. The first-order valence-corrected chi connectivity index (χ1v) is 12.0. The van der Waals surface area contributed by atoms with E-state index < -0.39 is 17.7 Å². The van der Waals surface area contributed by atoms with Crippen LogP contribution in [0.5, 0.6) is 0 Å². The molecule has 1 fully saturated rings. The van der Waals surface area contributed by atoms with E-state index in [1.165, 1.54) is 24.3 Å². The Balaban J connectivity index is 1.34. The van der Waals surface area contributed by atoms with Gasteiger partial charge in [0.05, 0.1) is 10.5 Å². The molecule has 0 saturated heterocycles. The number of hydrogen-bond acceptors (Lipinski definition) is 3. The molecule has 0 spiro atoms. The standard InChI is InChI=1S/C25H23Cl2F4N3O/c26-15-3-9-21-18(12-15)22(13-23(34-21)25(29,30)31)32-16-4-6-17(7-5-16)33-24(35)10-2-14-1-8-19(27)20(28)11-14/h1,3,8-9,11-13,16-17H,2,4-7,10H2,(H,32,34)(H,33,35). The molecule has 1 saturated carbocycles. The summed E-state index contributed by atoms with van der Waals surface area (Å²) in [7, 11) is 0. The summed E-state index contributed by atoms with van der Waals surface area (Å²) in [5.74, 6) is -0.636. The molecule has 186 valence electrons. The van der Waals surface area contributed by atoms with Crippen molar-refractivity contribution in [3.05, 3.63) is 69.6 Å². The van der Waals surface area contributed by atoms with Crippen molar-refractivity contribution in [2.24, 2.45) is 0 Å². The highest BCUT2D eigenvalue weighted by atomic mass is 35.5. The Morgan fingerprint density at radius 2 is 1.71 bits per heavy atom. The first-order chi connectivity index (χ1) is 16.6. The Bertz CT molecular complexity index is 1230. The van der Waals surface area contributed by atoms with Gasteiger partial charge in [-0.25, -0.2) is 9.37 Å². The predicted molar refractivity (Wildman–Crippen MR) is 129 cm³/mol. The van der Waals surface area contributed by atoms with Crippen LogP contribution in [0, 0.1) is 5.82 Å². The summed E-state index contributed by atoms with van der Waals surface area (Å²) in [5, 5.41) is 7.22. The van der Waals surface area contributed by atoms with E-state index in [1.54, 1.807) is 12.1 Å². The van der Waals surface area contributed by atoms with Gasteiger partial charge >= 0.3 is 6.18 Å². The average molecular weight is 528 g/mol. The lowest BCUT2D eigenvalue weighted by Gasteiger charge is -2.31. The maximum Gasteiger partial charge on any atom is 0.433 e. The molecule has 0 unspecified atom stereocenters. The summed E-state index contributed by atoms with van der Waals surface area (Å²) < 4.78 is 53.6. The summed E-state index contributed by atoms with van der Waals surface area (Å²) in [6.45, 7) is 0. The number of rotatable bonds is 6. The second kappa shape index (κ2) is 10.6. The van der Waals surface area contributed by atoms with E-state index in [0.717, 1.165) is 6.07 Å². The van der Waals surface area contributed by atoms with E-state index >= 15 is 0 Å². The van der Waals surface area contributed by atoms with Crippen LogP contribution >= 0.6 is 23.2 Å². The number of fused-ring (bicyclic) bond motifs is 1. The number of nitrogens with zero attached hydrogens (tertiary/aromatic N) is 1. The molecule has 1 aliphatic carbocycles. The number of aryl methyl sites for hydroxylation is 1. The predicted octanol–water partition coefficient (Wildman–Crippen LogP) is 7.17. The van der Waals surface area contributed by atoms with Crippen molar-refractivity contribution in [2.45, 2.75) is 56.8 Å². The third-order valence-electron chi connectivity index (χ3n) is 6.14. The van der Waals surface area contributed by atoms with Crippen LogP contribution in [0.1, 0.15) is 43.4 Å². The molecule has 4 rings (SSSR count). The van der Waals surface area contributed by atoms with Gasteiger partial charge < -0.3 is 10.6 Å². The van der Waals surface area contributed by atoms with Crippen molar-refractivity contribution in [1.29, 1.82) is 0 Å². The molecule has 1 aromatic heterocycles. The molecule has 1 aliphatic rings. The maximum absolute atomic E-state index is 13.6. The van der Waals surface area contributed by atoms with E-state index in [0.29, 0.717) is 53.8 Å². The second-order valence-electron chi connectivity index (χ2n) is 8.72. The molecule has 2 aromatic carbocycles. The number of pyridine rings is 1. The van der Waals surface area contributed by atoms with Crippen molar-refractivity contribution in [2.75, 3.05) is 5.32 Å². The number of alkyl halides is 3. The monoisotopic (exact) mass is 527 g/mol. The van der Waals surface area contributed by atoms with E-state index in [2.05, 4.69) is 15.6 Å². The minimum atomic E-state index is -4.57. The lowest BCUT2D eigenvalue weighted by Crippen LogP contribution is -2.40. The number of halogens is 6. The molecule has 0 bridgehead atoms. The van der Waals surface area contributed by atoms with Gasteiger partial charge in [-0.3, -0.25) is 4.79 Å². The van der Waals surface area contributed by atoms with Crippen molar-refractivity contribution < 1.29 is 22.4 Å². The zero-order valence-corrected chi connectivity index (χ0v) is 20.1. The molecule has 0 aliphatic heterocycles. The molecule has 10 heteroatoms. The maximum atomic E-state index is 13.6. The Kier molecular flexibility index (Phi) is 7.71. The molecule has 0 atom stereocenters. The van der Waals surface area contributed by atoms with Gasteiger partial charge in [-0.05, 0) is 74.1 Å². The Hall–Kier alpha value is -2.58. The Morgan fingerprint density at radius 3 is 2.40 bits per heavy atom. The summed E-state index contributed by atoms with van der Waals surface area (Å²) in [6, 6.07) is 10.0. The van der Waals surface area contributed by atoms with Crippen molar-refractivity contribution in [3.63, 3.8) is 0 Å². The van der Waals surface area contributed by atoms with Gasteiger partial charge in [-0.15, -0.1) is 0 Å². The van der Waals surface area contributed by atoms with Gasteiger partial charge in [0, 0.05) is 34.6 Å². The first kappa shape index (κ1) is 25.5. The number of carbonyl (C=O) groups excluding carboxylic acids is 1. The molecular weight excluding hydrogens is 505 g/mol. The Labute approximate surface area is 210 Å². The summed E-state index contributed by atoms with van der Waals surface area (Å²) in [4.78, 5) is 16.1. The van der Waals surface area contributed by atoms with Gasteiger partial charge in [0.25, 0.3) is 0 Å². The lowest BCUT2D eigenvalue weighted by molar-refractivity contribution is -0.140. The number of nitrogens with one attached hydrogen (secondary N) is 2. The number of benzene rings is 2. The highest BCUT2D eigenvalue weighted by molar-refractivity contribution is 6.31. The molecule has 4 nitrogen and oxygen atoms in total. The number of hydrogen-bond donors (Lipinski definition) is 2. The molecule has 0 radical (unpaired) electrons. The van der Waals surface area contributed by atoms with E-state index in [-0.39, 0.29) is 35.0 Å². The fourth-order valence-corrected chi connectivity index (χ4v) is 4.61. The largest absolute Gasteiger partial charge is 0.433 e. The SMILES string of the molecule is O=C(CCc1ccc(Cl)c(F)c1)NC1CCC(Nc2cc(C(F)(F)F)nc3ccc(Cl)cc23)CC1. The van der Waals surface area contributed by atoms with Crippen molar-refractivity contribution in [1.82, 2.24) is 10.3 Å². The van der Waals surface area contributed by atoms with Gasteiger partial charge in [0.2, 0.25) is 5.91 Å². The lowest BCUT2D eigenvalue weighted by atomic mass is 9.90. The Morgan fingerprint density at radius 1 is 1.00 bits per heavy atom. The minimum Gasteiger partial charge on any atom is -0.382 e. The van der Waals surface area contributed by atoms with E-state index in [1.807, 2.05) is 0 Å². The quantitative estimate of drug-likeness (QED) is 0.334. The highest BCUT2D eigenvalue weighted by Crippen LogP contribution is 2.35. The summed E-state index contributed by atoms with van der Waals surface area (Å²) in [5.41, 5.74) is 0.287. The number of amides is 1. The van der Waals surface area contributed by atoms with Crippen molar-refractivity contribution in [3.8, 4) is 0 Å². The van der Waals surface area contributed by atoms with Crippen LogP contribution in [0.25, 0.3) is 10.9 Å². The molecule has 35 heavy (non-hydrogen) atoms. The van der Waals surface area contributed by atoms with Crippen LogP contribution in [0.15, 0.2) is 42.5 Å². The van der Waals surface area contributed by atoms with E-state index in [4.69, 9.17) is 23.2 Å². The van der Waals surface area contributed by atoms with Crippen LogP contribution in [0.3, 0.4) is 0 Å². The van der Waals surface area contributed by atoms with Gasteiger partial charge in [-0.2, -0.15) is 13.2 Å². The molecule has 3 aromatic rings. The van der Waals surface area contributed by atoms with Gasteiger partial charge in [0.15, 0.2) is 0 Å². The first-order valence-electron chi connectivity index (χ1n) is 11.3. The molecule has 1 amide bonds. The number of anilines is 1. The highest BCUT2D eigenvalue weighted by Gasteiger charge is 2.34. The van der Waals surface area contributed by atoms with Crippen LogP contribution < -0.4 is 10.6 Å². The fourth-order valence-electron chi connectivity index (χ4n) is 4.32. The zero-order chi connectivity index (χ0) is 25.2. The number of carbonyl (C=O) groups is 1. The van der Waals surface area contributed by atoms with Crippen LogP contribution in [-0.2, 0) is 17.4 Å². The summed E-state index contributed by atoms with van der Waals surface area (Å²) in [6.07, 6.45) is -1.20. The van der Waals surface area contributed by atoms with Crippen LogP contribution in [0.2, 0.25) is 10.0 Å². The van der Waals surface area contributed by atoms with Crippen LogP contribution in [-0.4, -0.2) is 23.0 Å². The third kappa shape index (κ3) is 6.55. The zero-order valence-electron chi connectivity index (χ0n) is 18.6. The summed E-state index contributed by atoms with van der Waals surface area (Å²) >= 11 is 11.7.